The van der Waals surface area contributed by atoms with Gasteiger partial charge in [0.05, 0.1) is 0 Å². The lowest BCUT2D eigenvalue weighted by Gasteiger charge is -2.46. The summed E-state index contributed by atoms with van der Waals surface area (Å²) >= 11 is 0. The summed E-state index contributed by atoms with van der Waals surface area (Å²) in [6.45, 7) is 13.1. The molecule has 1 saturated heterocycles. The van der Waals surface area contributed by atoms with Gasteiger partial charge in [0.15, 0.2) is 0 Å². The molecule has 0 spiro atoms. The number of ether oxygens (including phenoxy) is 1. The molecule has 1 fully saturated rings. The molecule has 0 saturated carbocycles. The number of cyclic esters (lactones) is 1. The minimum absolute atomic E-state index is 0.0319. The van der Waals surface area contributed by atoms with Crippen LogP contribution in [-0.2, 0) is 10.3 Å². The van der Waals surface area contributed by atoms with Gasteiger partial charge in [-0.2, -0.15) is 0 Å². The lowest BCUT2D eigenvalue weighted by molar-refractivity contribution is -0.0677. The third-order valence-electron chi connectivity index (χ3n) is 4.77. The molecule has 0 aromatic heterocycles. The van der Waals surface area contributed by atoms with Crippen LogP contribution in [0, 0.1) is 5.41 Å². The highest BCUT2D eigenvalue weighted by Crippen LogP contribution is 2.39. The Labute approximate surface area is 134 Å². The van der Waals surface area contributed by atoms with Crippen LogP contribution >= 0.6 is 0 Å². The molecule has 3 heteroatoms. The van der Waals surface area contributed by atoms with Crippen LogP contribution in [0.4, 0.5) is 4.79 Å². The second kappa shape index (κ2) is 6.15. The van der Waals surface area contributed by atoms with E-state index >= 15 is 0 Å². The number of amides is 1. The van der Waals surface area contributed by atoms with Gasteiger partial charge in [0.25, 0.3) is 0 Å². The van der Waals surface area contributed by atoms with E-state index in [1.165, 1.54) is 0 Å². The summed E-state index contributed by atoms with van der Waals surface area (Å²) in [6, 6.07) is 10.1. The molecule has 1 heterocycles. The first-order chi connectivity index (χ1) is 10.3. The third-order valence-corrected chi connectivity index (χ3v) is 4.77. The summed E-state index contributed by atoms with van der Waals surface area (Å²) in [5.41, 5.74) is 0.504. The standard InChI is InChI=1S/C19H27NO2/c1-6-12-19(16-10-8-7-9-11-16)13-14-20(17(21)22-19)15(2)18(3,4)5/h6-11,15H,1,12-14H2,2-5H3/t15?,19-/m0/s1. The molecule has 1 amide bonds. The monoisotopic (exact) mass is 301 g/mol. The molecule has 0 bridgehead atoms. The molecule has 0 radical (unpaired) electrons. The molecule has 2 atom stereocenters. The van der Waals surface area contributed by atoms with Crippen LogP contribution in [0.2, 0.25) is 0 Å². The zero-order chi connectivity index (χ0) is 16.4. The SMILES string of the molecule is C=CC[C@@]1(c2ccccc2)CCN(C(C)C(C)(C)C)C(=O)O1. The lowest BCUT2D eigenvalue weighted by atomic mass is 9.83. The molecule has 1 aromatic rings. The Kier molecular flexibility index (Phi) is 4.64. The molecular formula is C19H27NO2. The van der Waals surface area contributed by atoms with E-state index in [1.807, 2.05) is 41.3 Å². The van der Waals surface area contributed by atoms with Gasteiger partial charge in [-0.25, -0.2) is 4.79 Å². The first kappa shape index (κ1) is 16.6. The minimum atomic E-state index is -0.575. The smallest absolute Gasteiger partial charge is 0.410 e. The second-order valence-corrected chi connectivity index (χ2v) is 7.21. The van der Waals surface area contributed by atoms with E-state index in [4.69, 9.17) is 4.74 Å². The van der Waals surface area contributed by atoms with Gasteiger partial charge in [0.2, 0.25) is 0 Å². The maximum Gasteiger partial charge on any atom is 0.410 e. The predicted octanol–water partition coefficient (Wildman–Crippen LogP) is 4.73. The van der Waals surface area contributed by atoms with Crippen molar-refractivity contribution in [3.8, 4) is 0 Å². The number of hydrogen-bond donors (Lipinski definition) is 0. The van der Waals surface area contributed by atoms with Gasteiger partial charge in [-0.3, -0.25) is 0 Å². The first-order valence-electron chi connectivity index (χ1n) is 7.96. The van der Waals surface area contributed by atoms with Crippen molar-refractivity contribution in [2.75, 3.05) is 6.54 Å². The normalized spacial score (nSPS) is 23.8. The fourth-order valence-corrected chi connectivity index (χ4v) is 2.93. The molecule has 3 nitrogen and oxygen atoms in total. The second-order valence-electron chi connectivity index (χ2n) is 7.21. The molecule has 1 unspecified atom stereocenters. The van der Waals surface area contributed by atoms with Crippen LogP contribution in [0.25, 0.3) is 0 Å². The van der Waals surface area contributed by atoms with E-state index in [9.17, 15) is 4.79 Å². The van der Waals surface area contributed by atoms with E-state index in [2.05, 4.69) is 34.3 Å². The van der Waals surface area contributed by atoms with Crippen LogP contribution in [0.15, 0.2) is 43.0 Å². The highest BCUT2D eigenvalue weighted by molar-refractivity contribution is 5.70. The summed E-state index contributed by atoms with van der Waals surface area (Å²) < 4.78 is 5.95. The van der Waals surface area contributed by atoms with Crippen molar-refractivity contribution in [3.63, 3.8) is 0 Å². The van der Waals surface area contributed by atoms with Crippen molar-refractivity contribution < 1.29 is 9.53 Å². The largest absolute Gasteiger partial charge is 0.437 e. The Morgan fingerprint density at radius 3 is 2.50 bits per heavy atom. The first-order valence-corrected chi connectivity index (χ1v) is 7.96. The summed E-state index contributed by atoms with van der Waals surface area (Å²) in [7, 11) is 0. The summed E-state index contributed by atoms with van der Waals surface area (Å²) in [4.78, 5) is 14.5. The van der Waals surface area contributed by atoms with Crippen LogP contribution in [-0.4, -0.2) is 23.6 Å². The Balaban J connectivity index is 2.25. The van der Waals surface area contributed by atoms with Gasteiger partial charge in [-0.1, -0.05) is 57.2 Å². The van der Waals surface area contributed by atoms with E-state index in [0.29, 0.717) is 13.0 Å². The fourth-order valence-electron chi connectivity index (χ4n) is 2.93. The zero-order valence-electron chi connectivity index (χ0n) is 14.1. The Morgan fingerprint density at radius 1 is 1.36 bits per heavy atom. The zero-order valence-corrected chi connectivity index (χ0v) is 14.1. The van der Waals surface area contributed by atoms with Gasteiger partial charge in [0.1, 0.15) is 5.60 Å². The number of carbonyl (C=O) groups is 1. The average molecular weight is 301 g/mol. The van der Waals surface area contributed by atoms with Crippen molar-refractivity contribution in [2.24, 2.45) is 5.41 Å². The highest BCUT2D eigenvalue weighted by Gasteiger charge is 2.44. The molecular weight excluding hydrogens is 274 g/mol. The molecule has 1 aliphatic heterocycles. The summed E-state index contributed by atoms with van der Waals surface area (Å²) in [5.74, 6) is 0. The number of carbonyl (C=O) groups excluding carboxylic acids is 1. The summed E-state index contributed by atoms with van der Waals surface area (Å²) in [6.07, 6.45) is 3.04. The molecule has 0 aliphatic carbocycles. The molecule has 1 aromatic carbocycles. The van der Waals surface area contributed by atoms with E-state index < -0.39 is 5.60 Å². The van der Waals surface area contributed by atoms with E-state index in [-0.39, 0.29) is 17.6 Å². The van der Waals surface area contributed by atoms with Crippen LogP contribution in [0.1, 0.15) is 46.1 Å². The van der Waals surface area contributed by atoms with E-state index in [0.717, 1.165) is 12.0 Å². The molecule has 1 aliphatic rings. The van der Waals surface area contributed by atoms with Crippen LogP contribution < -0.4 is 0 Å². The van der Waals surface area contributed by atoms with Gasteiger partial charge < -0.3 is 9.64 Å². The Bertz CT molecular complexity index is 532. The predicted molar refractivity (Wildman–Crippen MR) is 89.7 cm³/mol. The van der Waals surface area contributed by atoms with Crippen molar-refractivity contribution in [1.29, 1.82) is 0 Å². The molecule has 2 rings (SSSR count). The van der Waals surface area contributed by atoms with Crippen molar-refractivity contribution in [1.82, 2.24) is 4.90 Å². The van der Waals surface area contributed by atoms with E-state index in [1.54, 1.807) is 0 Å². The number of hydrogen-bond acceptors (Lipinski definition) is 2. The van der Waals surface area contributed by atoms with Gasteiger partial charge >= 0.3 is 6.09 Å². The topological polar surface area (TPSA) is 29.5 Å². The number of rotatable bonds is 4. The third kappa shape index (κ3) is 3.18. The van der Waals surface area contributed by atoms with Crippen molar-refractivity contribution in [3.05, 3.63) is 48.6 Å². The molecule has 22 heavy (non-hydrogen) atoms. The number of benzene rings is 1. The van der Waals surface area contributed by atoms with Crippen molar-refractivity contribution >= 4 is 6.09 Å². The fraction of sp³-hybridized carbons (Fsp3) is 0.526. The van der Waals surface area contributed by atoms with Crippen LogP contribution in [0.5, 0.6) is 0 Å². The minimum Gasteiger partial charge on any atom is -0.437 e. The molecule has 0 N–H and O–H groups in total. The number of nitrogens with zero attached hydrogens (tertiary/aromatic N) is 1. The molecule has 120 valence electrons. The van der Waals surface area contributed by atoms with Gasteiger partial charge in [-0.05, 0) is 17.9 Å². The quantitative estimate of drug-likeness (QED) is 0.752. The highest BCUT2D eigenvalue weighted by atomic mass is 16.6. The maximum atomic E-state index is 12.6. The Morgan fingerprint density at radius 2 is 2.00 bits per heavy atom. The maximum absolute atomic E-state index is 12.6. The lowest BCUT2D eigenvalue weighted by Crippen LogP contribution is -2.54. The Hall–Kier alpha value is -1.77. The van der Waals surface area contributed by atoms with Crippen LogP contribution in [0.3, 0.4) is 0 Å². The van der Waals surface area contributed by atoms with Crippen molar-refractivity contribution in [2.45, 2.75) is 52.2 Å². The van der Waals surface area contributed by atoms with Gasteiger partial charge in [0, 0.05) is 25.4 Å². The van der Waals surface area contributed by atoms with Gasteiger partial charge in [-0.15, -0.1) is 6.58 Å². The summed E-state index contributed by atoms with van der Waals surface area (Å²) in [5, 5.41) is 0. The average Bonchev–Trinajstić information content (AvgIpc) is 2.47.